The molecular formula is C15H17N3O2. The SMILES string of the molecule is Cc1ccc(NC(=O)COc2ccc(CN)nc2)cc1. The highest BCUT2D eigenvalue weighted by atomic mass is 16.5. The molecule has 0 saturated carbocycles. The topological polar surface area (TPSA) is 77.2 Å². The molecule has 104 valence electrons. The predicted octanol–water partition coefficient (Wildman–Crippen LogP) is 1.87. The fourth-order valence-electron chi connectivity index (χ4n) is 1.60. The predicted molar refractivity (Wildman–Crippen MR) is 77.4 cm³/mol. The number of carbonyl (C=O) groups excluding carboxylic acids is 1. The minimum absolute atomic E-state index is 0.0580. The summed E-state index contributed by atoms with van der Waals surface area (Å²) in [5.41, 5.74) is 8.12. The van der Waals surface area contributed by atoms with Crippen LogP contribution in [0.1, 0.15) is 11.3 Å². The zero-order valence-electron chi connectivity index (χ0n) is 11.3. The molecule has 5 nitrogen and oxygen atoms in total. The van der Waals surface area contributed by atoms with Crippen LogP contribution in [-0.2, 0) is 11.3 Å². The van der Waals surface area contributed by atoms with Crippen LogP contribution in [0.4, 0.5) is 5.69 Å². The van der Waals surface area contributed by atoms with Gasteiger partial charge in [-0.3, -0.25) is 9.78 Å². The van der Waals surface area contributed by atoms with Crippen molar-refractivity contribution in [1.82, 2.24) is 4.98 Å². The number of anilines is 1. The Morgan fingerprint density at radius 2 is 2.00 bits per heavy atom. The zero-order valence-corrected chi connectivity index (χ0v) is 11.3. The Hall–Kier alpha value is -2.40. The Bertz CT molecular complexity index is 565. The molecule has 2 aromatic rings. The summed E-state index contributed by atoms with van der Waals surface area (Å²) < 4.78 is 5.35. The van der Waals surface area contributed by atoms with E-state index in [1.54, 1.807) is 18.3 Å². The van der Waals surface area contributed by atoms with E-state index in [9.17, 15) is 4.79 Å². The van der Waals surface area contributed by atoms with Crippen molar-refractivity contribution in [3.63, 3.8) is 0 Å². The number of pyridine rings is 1. The molecule has 0 unspecified atom stereocenters. The van der Waals surface area contributed by atoms with E-state index in [0.29, 0.717) is 12.3 Å². The van der Waals surface area contributed by atoms with Crippen molar-refractivity contribution in [2.75, 3.05) is 11.9 Å². The van der Waals surface area contributed by atoms with E-state index in [2.05, 4.69) is 10.3 Å². The maximum absolute atomic E-state index is 11.7. The first-order valence-corrected chi connectivity index (χ1v) is 6.31. The maximum Gasteiger partial charge on any atom is 0.262 e. The van der Waals surface area contributed by atoms with E-state index in [1.807, 2.05) is 31.2 Å². The number of rotatable bonds is 5. The summed E-state index contributed by atoms with van der Waals surface area (Å²) in [6.45, 7) is 2.32. The Morgan fingerprint density at radius 3 is 2.60 bits per heavy atom. The fraction of sp³-hybridized carbons (Fsp3) is 0.200. The third-order valence-corrected chi connectivity index (χ3v) is 2.71. The number of aromatic nitrogens is 1. The summed E-state index contributed by atoms with van der Waals surface area (Å²) in [5.74, 6) is 0.331. The van der Waals surface area contributed by atoms with Crippen molar-refractivity contribution in [2.45, 2.75) is 13.5 Å². The number of hydrogen-bond acceptors (Lipinski definition) is 4. The van der Waals surface area contributed by atoms with Gasteiger partial charge in [-0.15, -0.1) is 0 Å². The highest BCUT2D eigenvalue weighted by Gasteiger charge is 2.04. The molecule has 0 fully saturated rings. The summed E-state index contributed by atoms with van der Waals surface area (Å²) in [7, 11) is 0. The fourth-order valence-corrected chi connectivity index (χ4v) is 1.60. The monoisotopic (exact) mass is 271 g/mol. The van der Waals surface area contributed by atoms with Crippen LogP contribution in [0.25, 0.3) is 0 Å². The van der Waals surface area contributed by atoms with Crippen molar-refractivity contribution < 1.29 is 9.53 Å². The number of nitrogens with zero attached hydrogens (tertiary/aromatic N) is 1. The number of hydrogen-bond donors (Lipinski definition) is 2. The summed E-state index contributed by atoms with van der Waals surface area (Å²) >= 11 is 0. The molecule has 0 atom stereocenters. The Morgan fingerprint density at radius 1 is 1.25 bits per heavy atom. The molecule has 0 saturated heterocycles. The van der Waals surface area contributed by atoms with E-state index >= 15 is 0 Å². The van der Waals surface area contributed by atoms with Crippen LogP contribution in [0.5, 0.6) is 5.75 Å². The van der Waals surface area contributed by atoms with Crippen molar-refractivity contribution in [1.29, 1.82) is 0 Å². The van der Waals surface area contributed by atoms with Gasteiger partial charge in [-0.25, -0.2) is 0 Å². The normalized spacial score (nSPS) is 10.1. The quantitative estimate of drug-likeness (QED) is 0.870. The van der Waals surface area contributed by atoms with Crippen LogP contribution in [-0.4, -0.2) is 17.5 Å². The largest absolute Gasteiger partial charge is 0.482 e. The molecule has 5 heteroatoms. The molecule has 1 amide bonds. The molecule has 3 N–H and O–H groups in total. The summed E-state index contributed by atoms with van der Waals surface area (Å²) in [4.78, 5) is 15.8. The van der Waals surface area contributed by atoms with Crippen LogP contribution >= 0.6 is 0 Å². The molecule has 2 rings (SSSR count). The third-order valence-electron chi connectivity index (χ3n) is 2.71. The van der Waals surface area contributed by atoms with Crippen molar-refractivity contribution >= 4 is 11.6 Å². The standard InChI is InChI=1S/C15H17N3O2/c1-11-2-4-12(5-3-11)18-15(19)10-20-14-7-6-13(8-16)17-9-14/h2-7,9H,8,10,16H2,1H3,(H,18,19). The third kappa shape index (κ3) is 4.07. The lowest BCUT2D eigenvalue weighted by molar-refractivity contribution is -0.118. The van der Waals surface area contributed by atoms with Gasteiger partial charge >= 0.3 is 0 Å². The first kappa shape index (κ1) is 14.0. The van der Waals surface area contributed by atoms with Crippen LogP contribution in [0.2, 0.25) is 0 Å². The van der Waals surface area contributed by atoms with Crippen molar-refractivity contribution in [2.24, 2.45) is 5.73 Å². The van der Waals surface area contributed by atoms with Gasteiger partial charge in [0.1, 0.15) is 5.75 Å². The average molecular weight is 271 g/mol. The van der Waals surface area contributed by atoms with Crippen LogP contribution in [0.15, 0.2) is 42.6 Å². The highest BCUT2D eigenvalue weighted by molar-refractivity contribution is 5.91. The van der Waals surface area contributed by atoms with Gasteiger partial charge in [0.2, 0.25) is 0 Å². The first-order chi connectivity index (χ1) is 9.67. The Kier molecular flexibility index (Phi) is 4.68. The number of carbonyl (C=O) groups is 1. The lowest BCUT2D eigenvalue weighted by atomic mass is 10.2. The minimum Gasteiger partial charge on any atom is -0.482 e. The Labute approximate surface area is 117 Å². The van der Waals surface area contributed by atoms with E-state index in [4.69, 9.17) is 10.5 Å². The maximum atomic E-state index is 11.7. The second-order valence-corrected chi connectivity index (χ2v) is 4.39. The number of ether oxygens (including phenoxy) is 1. The second kappa shape index (κ2) is 6.68. The summed E-state index contributed by atoms with van der Waals surface area (Å²) in [6, 6.07) is 11.1. The number of amides is 1. The number of aryl methyl sites for hydroxylation is 1. The highest BCUT2D eigenvalue weighted by Crippen LogP contribution is 2.10. The van der Waals surface area contributed by atoms with Gasteiger partial charge in [0.25, 0.3) is 5.91 Å². The smallest absolute Gasteiger partial charge is 0.262 e. The molecule has 0 radical (unpaired) electrons. The molecule has 0 aliphatic heterocycles. The number of benzene rings is 1. The van der Waals surface area contributed by atoms with Crippen LogP contribution < -0.4 is 15.8 Å². The zero-order chi connectivity index (χ0) is 14.4. The molecule has 1 heterocycles. The minimum atomic E-state index is -0.211. The molecule has 1 aromatic heterocycles. The molecule has 1 aromatic carbocycles. The Balaban J connectivity index is 1.83. The van der Waals surface area contributed by atoms with E-state index in [0.717, 1.165) is 16.9 Å². The second-order valence-electron chi connectivity index (χ2n) is 4.39. The lowest BCUT2D eigenvalue weighted by Gasteiger charge is -2.07. The first-order valence-electron chi connectivity index (χ1n) is 6.31. The molecule has 20 heavy (non-hydrogen) atoms. The number of nitrogens with one attached hydrogen (secondary N) is 1. The lowest BCUT2D eigenvalue weighted by Crippen LogP contribution is -2.20. The van der Waals surface area contributed by atoms with E-state index in [-0.39, 0.29) is 12.5 Å². The average Bonchev–Trinajstić information content (AvgIpc) is 2.48. The van der Waals surface area contributed by atoms with Crippen molar-refractivity contribution in [3.8, 4) is 5.75 Å². The molecule has 0 spiro atoms. The summed E-state index contributed by atoms with van der Waals surface area (Å²) in [6.07, 6.45) is 1.56. The van der Waals surface area contributed by atoms with Gasteiger partial charge in [-0.2, -0.15) is 0 Å². The van der Waals surface area contributed by atoms with Gasteiger partial charge in [-0.05, 0) is 31.2 Å². The molecular weight excluding hydrogens is 254 g/mol. The number of nitrogens with two attached hydrogens (primary N) is 1. The van der Waals surface area contributed by atoms with E-state index in [1.165, 1.54) is 0 Å². The summed E-state index contributed by atoms with van der Waals surface area (Å²) in [5, 5.41) is 2.76. The van der Waals surface area contributed by atoms with E-state index < -0.39 is 0 Å². The van der Waals surface area contributed by atoms with Crippen LogP contribution in [0.3, 0.4) is 0 Å². The molecule has 0 aliphatic rings. The van der Waals surface area contributed by atoms with Gasteiger partial charge < -0.3 is 15.8 Å². The van der Waals surface area contributed by atoms with Crippen LogP contribution in [0, 0.1) is 6.92 Å². The van der Waals surface area contributed by atoms with Gasteiger partial charge in [0.05, 0.1) is 11.9 Å². The molecule has 0 aliphatic carbocycles. The molecule has 0 bridgehead atoms. The van der Waals surface area contributed by atoms with Gasteiger partial charge in [0.15, 0.2) is 6.61 Å². The van der Waals surface area contributed by atoms with Crippen molar-refractivity contribution in [3.05, 3.63) is 53.9 Å². The van der Waals surface area contributed by atoms with Gasteiger partial charge in [-0.1, -0.05) is 17.7 Å². The van der Waals surface area contributed by atoms with Gasteiger partial charge in [0, 0.05) is 12.2 Å².